The van der Waals surface area contributed by atoms with Crippen molar-refractivity contribution in [2.24, 2.45) is 0 Å². The molecule has 4 heteroatoms. The molecular weight excluding hydrogens is 260 g/mol. The Kier molecular flexibility index (Phi) is 5.11. The summed E-state index contributed by atoms with van der Waals surface area (Å²) in [4.78, 5) is 0. The largest absolute Gasteiger partial charge is 0.378 e. The molecule has 1 atom stereocenters. The van der Waals surface area contributed by atoms with Crippen LogP contribution in [0.2, 0.25) is 0 Å². The molecule has 0 bridgehead atoms. The van der Waals surface area contributed by atoms with Gasteiger partial charge in [0.05, 0.1) is 5.60 Å². The lowest BCUT2D eigenvalue weighted by molar-refractivity contribution is -0.0833. The lowest BCUT2D eigenvalue weighted by Gasteiger charge is -2.43. The molecule has 0 aliphatic heterocycles. The highest BCUT2D eigenvalue weighted by atomic mass is 19.1. The van der Waals surface area contributed by atoms with Crippen LogP contribution >= 0.6 is 0 Å². The van der Waals surface area contributed by atoms with E-state index in [9.17, 15) is 8.78 Å². The van der Waals surface area contributed by atoms with Gasteiger partial charge >= 0.3 is 0 Å². The van der Waals surface area contributed by atoms with E-state index >= 15 is 0 Å². The maximum atomic E-state index is 13.8. The summed E-state index contributed by atoms with van der Waals surface area (Å²) in [5.74, 6) is -0.994. The maximum absolute atomic E-state index is 13.8. The van der Waals surface area contributed by atoms with Gasteiger partial charge in [0.25, 0.3) is 0 Å². The van der Waals surface area contributed by atoms with Crippen LogP contribution in [0.3, 0.4) is 0 Å². The summed E-state index contributed by atoms with van der Waals surface area (Å²) in [5.41, 5.74) is 0.506. The molecule has 1 aliphatic carbocycles. The van der Waals surface area contributed by atoms with Crippen molar-refractivity contribution in [3.63, 3.8) is 0 Å². The molecule has 1 saturated carbocycles. The predicted octanol–water partition coefficient (Wildman–Crippen LogP) is 3.44. The Balaban J connectivity index is 2.04. The number of halogens is 2. The summed E-state index contributed by atoms with van der Waals surface area (Å²) in [6.07, 6.45) is 4.76. The van der Waals surface area contributed by atoms with Gasteiger partial charge in [-0.2, -0.15) is 0 Å². The molecule has 1 N–H and O–H groups in total. The number of nitrogens with one attached hydrogen (secondary N) is 1. The van der Waals surface area contributed by atoms with Crippen molar-refractivity contribution in [2.45, 2.75) is 50.7 Å². The number of hydrogen-bond donors (Lipinski definition) is 1. The third-order valence-corrected chi connectivity index (χ3v) is 4.29. The van der Waals surface area contributed by atoms with Gasteiger partial charge in [-0.3, -0.25) is 0 Å². The Morgan fingerprint density at radius 2 is 2.10 bits per heavy atom. The minimum atomic E-state index is -0.529. The van der Waals surface area contributed by atoms with Crippen molar-refractivity contribution in [1.29, 1.82) is 0 Å². The molecule has 0 aromatic heterocycles. The quantitative estimate of drug-likeness (QED) is 0.827. The lowest BCUT2D eigenvalue weighted by Crippen LogP contribution is -2.46. The van der Waals surface area contributed by atoms with Gasteiger partial charge in [-0.05, 0) is 50.3 Å². The Morgan fingerprint density at radius 3 is 2.60 bits per heavy atom. The maximum Gasteiger partial charge on any atom is 0.129 e. The van der Waals surface area contributed by atoms with Crippen LogP contribution in [-0.2, 0) is 11.2 Å². The average Bonchev–Trinajstić information content (AvgIpc) is 2.37. The highest BCUT2D eigenvalue weighted by Crippen LogP contribution is 2.39. The van der Waals surface area contributed by atoms with E-state index in [-0.39, 0.29) is 11.6 Å². The van der Waals surface area contributed by atoms with Crippen molar-refractivity contribution >= 4 is 0 Å². The van der Waals surface area contributed by atoms with Crippen LogP contribution in [0.5, 0.6) is 0 Å². The molecule has 1 fully saturated rings. The zero-order valence-corrected chi connectivity index (χ0v) is 12.2. The minimum absolute atomic E-state index is 0.0522. The Hall–Kier alpha value is -1.00. The van der Waals surface area contributed by atoms with E-state index in [0.717, 1.165) is 31.9 Å². The smallest absolute Gasteiger partial charge is 0.129 e. The summed E-state index contributed by atoms with van der Waals surface area (Å²) >= 11 is 0. The standard InChI is InChI=1S/C16H23F2NO/c1-3-19-14(11-16(20-2)7-4-8-16)9-12-5-6-13(17)10-15(12)18/h5-6,10,14,19H,3-4,7-9,11H2,1-2H3. The summed E-state index contributed by atoms with van der Waals surface area (Å²) < 4.78 is 32.4. The van der Waals surface area contributed by atoms with E-state index in [1.54, 1.807) is 7.11 Å². The van der Waals surface area contributed by atoms with E-state index in [4.69, 9.17) is 4.74 Å². The van der Waals surface area contributed by atoms with Gasteiger partial charge in [-0.25, -0.2) is 8.78 Å². The number of likely N-dealkylation sites (N-methyl/N-ethyl adjacent to an activating group) is 1. The first kappa shape index (κ1) is 15.4. The second-order valence-electron chi connectivity index (χ2n) is 5.64. The molecule has 0 saturated heterocycles. The first-order valence-corrected chi connectivity index (χ1v) is 7.31. The fourth-order valence-corrected chi connectivity index (χ4v) is 2.97. The SMILES string of the molecule is CCNC(Cc1ccc(F)cc1F)CC1(OC)CCC1. The van der Waals surface area contributed by atoms with Crippen molar-refractivity contribution < 1.29 is 13.5 Å². The fourth-order valence-electron chi connectivity index (χ4n) is 2.97. The van der Waals surface area contributed by atoms with Crippen LogP contribution < -0.4 is 5.32 Å². The number of rotatable bonds is 7. The molecular formula is C16H23F2NO. The molecule has 0 heterocycles. The normalized spacial score (nSPS) is 18.6. The first-order valence-electron chi connectivity index (χ1n) is 7.31. The van der Waals surface area contributed by atoms with E-state index < -0.39 is 11.6 Å². The Bertz CT molecular complexity index is 441. The molecule has 1 unspecified atom stereocenters. The molecule has 112 valence electrons. The van der Waals surface area contributed by atoms with Crippen LogP contribution in [0.1, 0.15) is 38.2 Å². The van der Waals surface area contributed by atoms with Gasteiger partial charge in [-0.1, -0.05) is 13.0 Å². The molecule has 1 aliphatic rings. The van der Waals surface area contributed by atoms with E-state index in [1.807, 2.05) is 6.92 Å². The van der Waals surface area contributed by atoms with Gasteiger partial charge in [0.15, 0.2) is 0 Å². The fraction of sp³-hybridized carbons (Fsp3) is 0.625. The lowest BCUT2D eigenvalue weighted by atomic mass is 9.75. The van der Waals surface area contributed by atoms with Gasteiger partial charge < -0.3 is 10.1 Å². The van der Waals surface area contributed by atoms with Crippen LogP contribution in [0.25, 0.3) is 0 Å². The third kappa shape index (κ3) is 3.55. The molecule has 2 nitrogen and oxygen atoms in total. The highest BCUT2D eigenvalue weighted by molar-refractivity contribution is 5.20. The summed E-state index contributed by atoms with van der Waals surface area (Å²) in [5, 5.41) is 3.39. The molecule has 2 rings (SSSR count). The van der Waals surface area contributed by atoms with Gasteiger partial charge in [0.1, 0.15) is 11.6 Å². The molecule has 0 radical (unpaired) electrons. The molecule has 1 aromatic carbocycles. The Morgan fingerprint density at radius 1 is 1.35 bits per heavy atom. The predicted molar refractivity (Wildman–Crippen MR) is 75.7 cm³/mol. The monoisotopic (exact) mass is 283 g/mol. The first-order chi connectivity index (χ1) is 9.58. The van der Waals surface area contributed by atoms with Crippen molar-refractivity contribution in [2.75, 3.05) is 13.7 Å². The number of hydrogen-bond acceptors (Lipinski definition) is 2. The number of ether oxygens (including phenoxy) is 1. The molecule has 20 heavy (non-hydrogen) atoms. The van der Waals surface area contributed by atoms with E-state index in [2.05, 4.69) is 5.32 Å². The second-order valence-corrected chi connectivity index (χ2v) is 5.64. The van der Waals surface area contributed by atoms with Crippen LogP contribution in [0, 0.1) is 11.6 Å². The van der Waals surface area contributed by atoms with Crippen molar-refractivity contribution in [3.05, 3.63) is 35.4 Å². The summed E-state index contributed by atoms with van der Waals surface area (Å²) in [6, 6.07) is 3.96. The zero-order valence-electron chi connectivity index (χ0n) is 12.2. The third-order valence-electron chi connectivity index (χ3n) is 4.29. The van der Waals surface area contributed by atoms with Gasteiger partial charge in [0.2, 0.25) is 0 Å². The number of methoxy groups -OCH3 is 1. The van der Waals surface area contributed by atoms with E-state index in [1.165, 1.54) is 18.6 Å². The minimum Gasteiger partial charge on any atom is -0.378 e. The van der Waals surface area contributed by atoms with Crippen LogP contribution in [0.15, 0.2) is 18.2 Å². The molecule has 1 aromatic rings. The zero-order chi connectivity index (χ0) is 14.6. The van der Waals surface area contributed by atoms with Crippen LogP contribution in [-0.4, -0.2) is 25.3 Å². The van der Waals surface area contributed by atoms with Crippen molar-refractivity contribution in [3.8, 4) is 0 Å². The van der Waals surface area contributed by atoms with E-state index in [0.29, 0.717) is 12.0 Å². The van der Waals surface area contributed by atoms with Gasteiger partial charge in [0, 0.05) is 19.2 Å². The summed E-state index contributed by atoms with van der Waals surface area (Å²) in [7, 11) is 1.75. The highest BCUT2D eigenvalue weighted by Gasteiger charge is 2.38. The van der Waals surface area contributed by atoms with Crippen molar-refractivity contribution in [1.82, 2.24) is 5.32 Å². The van der Waals surface area contributed by atoms with Gasteiger partial charge in [-0.15, -0.1) is 0 Å². The van der Waals surface area contributed by atoms with Crippen LogP contribution in [0.4, 0.5) is 8.78 Å². The summed E-state index contributed by atoms with van der Waals surface area (Å²) in [6.45, 7) is 2.86. The molecule has 0 amide bonds. The Labute approximate surface area is 119 Å². The second kappa shape index (κ2) is 6.64. The molecule has 0 spiro atoms. The topological polar surface area (TPSA) is 21.3 Å². The number of benzene rings is 1. The average molecular weight is 283 g/mol.